The lowest BCUT2D eigenvalue weighted by Crippen LogP contribution is -2.13. The highest BCUT2D eigenvalue weighted by Gasteiger charge is 2.22. The van der Waals surface area contributed by atoms with Crippen molar-refractivity contribution >= 4 is 17.5 Å². The van der Waals surface area contributed by atoms with Crippen LogP contribution in [0, 0.1) is 0 Å². The molecule has 0 unspecified atom stereocenters. The van der Waals surface area contributed by atoms with Gasteiger partial charge >= 0.3 is 0 Å². The summed E-state index contributed by atoms with van der Waals surface area (Å²) in [5, 5.41) is 2.95. The zero-order chi connectivity index (χ0) is 7.84. The van der Waals surface area contributed by atoms with E-state index < -0.39 is 0 Å². The standard InChI is InChI=1S/C6H4ClN3O/c7-5-3-1-8-6(11)4(3)9-2-10-5/h2H,1H2,(H,8,11). The Bertz CT molecular complexity index is 326. The van der Waals surface area contributed by atoms with Crippen molar-refractivity contribution in [3.8, 4) is 0 Å². The first-order valence-electron chi connectivity index (χ1n) is 3.06. The molecule has 5 heteroatoms. The van der Waals surface area contributed by atoms with Gasteiger partial charge < -0.3 is 5.32 Å². The monoisotopic (exact) mass is 169 g/mol. The molecular formula is C6H4ClN3O. The van der Waals surface area contributed by atoms with E-state index in [0.717, 1.165) is 0 Å². The maximum Gasteiger partial charge on any atom is 0.270 e. The second kappa shape index (κ2) is 2.17. The van der Waals surface area contributed by atoms with E-state index in [9.17, 15) is 4.79 Å². The van der Waals surface area contributed by atoms with Gasteiger partial charge in [0.05, 0.1) is 0 Å². The van der Waals surface area contributed by atoms with Gasteiger partial charge in [0, 0.05) is 12.1 Å². The van der Waals surface area contributed by atoms with Crippen LogP contribution >= 0.6 is 11.6 Å². The highest BCUT2D eigenvalue weighted by atomic mass is 35.5. The molecule has 1 aliphatic rings. The minimum absolute atomic E-state index is 0.177. The Kier molecular flexibility index (Phi) is 1.29. The lowest BCUT2D eigenvalue weighted by molar-refractivity contribution is 0.0961. The van der Waals surface area contributed by atoms with E-state index in [0.29, 0.717) is 23.0 Å². The molecule has 1 aliphatic heterocycles. The lowest BCUT2D eigenvalue weighted by Gasteiger charge is -1.93. The van der Waals surface area contributed by atoms with E-state index in [1.807, 2.05) is 0 Å². The SMILES string of the molecule is O=C1NCc2c(Cl)ncnc21. The minimum Gasteiger partial charge on any atom is -0.346 e. The van der Waals surface area contributed by atoms with Crippen molar-refractivity contribution in [1.82, 2.24) is 15.3 Å². The van der Waals surface area contributed by atoms with Crippen molar-refractivity contribution in [3.05, 3.63) is 22.7 Å². The third-order valence-corrected chi connectivity index (χ3v) is 1.86. The van der Waals surface area contributed by atoms with Gasteiger partial charge in [0.1, 0.15) is 17.2 Å². The fraction of sp³-hybridized carbons (Fsp3) is 0.167. The van der Waals surface area contributed by atoms with Gasteiger partial charge in [0.15, 0.2) is 0 Å². The average Bonchev–Trinajstić information content (AvgIpc) is 2.35. The lowest BCUT2D eigenvalue weighted by atomic mass is 10.3. The predicted molar refractivity (Wildman–Crippen MR) is 38.2 cm³/mol. The molecular weight excluding hydrogens is 166 g/mol. The van der Waals surface area contributed by atoms with Crippen LogP contribution in [0.15, 0.2) is 6.33 Å². The summed E-state index contributed by atoms with van der Waals surface area (Å²) in [6.07, 6.45) is 1.28. The summed E-state index contributed by atoms with van der Waals surface area (Å²) in [7, 11) is 0. The van der Waals surface area contributed by atoms with Gasteiger partial charge in [-0.2, -0.15) is 0 Å². The number of hydrogen-bond acceptors (Lipinski definition) is 3. The third kappa shape index (κ3) is 0.867. The first-order valence-corrected chi connectivity index (χ1v) is 3.44. The molecule has 1 aromatic heterocycles. The largest absolute Gasteiger partial charge is 0.346 e. The van der Waals surface area contributed by atoms with Gasteiger partial charge in [-0.25, -0.2) is 9.97 Å². The summed E-state index contributed by atoms with van der Waals surface area (Å²) in [5.41, 5.74) is 1.09. The Hall–Kier alpha value is -1.16. The number of carbonyl (C=O) groups excluding carboxylic acids is 1. The molecule has 0 aromatic carbocycles. The fourth-order valence-corrected chi connectivity index (χ4v) is 1.20. The maximum absolute atomic E-state index is 11.0. The van der Waals surface area contributed by atoms with Crippen molar-refractivity contribution in [2.45, 2.75) is 6.54 Å². The summed E-state index contributed by atoms with van der Waals surface area (Å²) < 4.78 is 0. The van der Waals surface area contributed by atoms with Crippen LogP contribution in [-0.2, 0) is 6.54 Å². The number of nitrogens with zero attached hydrogens (tertiary/aromatic N) is 2. The van der Waals surface area contributed by atoms with Crippen molar-refractivity contribution in [1.29, 1.82) is 0 Å². The van der Waals surface area contributed by atoms with E-state index in [1.54, 1.807) is 0 Å². The Morgan fingerprint density at radius 1 is 1.55 bits per heavy atom. The Morgan fingerprint density at radius 2 is 2.36 bits per heavy atom. The van der Waals surface area contributed by atoms with Gasteiger partial charge in [0.25, 0.3) is 5.91 Å². The molecule has 2 heterocycles. The second-order valence-corrected chi connectivity index (χ2v) is 2.53. The van der Waals surface area contributed by atoms with Crippen molar-refractivity contribution < 1.29 is 4.79 Å². The van der Waals surface area contributed by atoms with E-state index in [1.165, 1.54) is 6.33 Å². The highest BCUT2D eigenvalue weighted by Crippen LogP contribution is 2.18. The van der Waals surface area contributed by atoms with Crippen LogP contribution in [0.25, 0.3) is 0 Å². The van der Waals surface area contributed by atoms with Crippen LogP contribution in [0.4, 0.5) is 0 Å². The number of hydrogen-bond donors (Lipinski definition) is 1. The van der Waals surface area contributed by atoms with Crippen LogP contribution in [0.3, 0.4) is 0 Å². The van der Waals surface area contributed by atoms with Gasteiger partial charge in [-0.3, -0.25) is 4.79 Å². The molecule has 1 aromatic rings. The normalized spacial score (nSPS) is 14.5. The molecule has 0 aliphatic carbocycles. The Morgan fingerprint density at radius 3 is 3.09 bits per heavy atom. The van der Waals surface area contributed by atoms with Crippen LogP contribution in [0.1, 0.15) is 16.1 Å². The van der Waals surface area contributed by atoms with Gasteiger partial charge in [-0.15, -0.1) is 0 Å². The summed E-state index contributed by atoms with van der Waals surface area (Å²) in [6, 6.07) is 0. The number of fused-ring (bicyclic) bond motifs is 1. The van der Waals surface area contributed by atoms with Crippen molar-refractivity contribution in [3.63, 3.8) is 0 Å². The highest BCUT2D eigenvalue weighted by molar-refractivity contribution is 6.30. The summed E-state index contributed by atoms with van der Waals surface area (Å²) in [5.74, 6) is -0.177. The molecule has 2 rings (SSSR count). The fourth-order valence-electron chi connectivity index (χ4n) is 0.996. The van der Waals surface area contributed by atoms with E-state index in [4.69, 9.17) is 11.6 Å². The molecule has 1 N–H and O–H groups in total. The minimum atomic E-state index is -0.177. The number of halogens is 1. The number of aromatic nitrogens is 2. The van der Waals surface area contributed by atoms with Gasteiger partial charge in [-0.1, -0.05) is 11.6 Å². The van der Waals surface area contributed by atoms with Crippen LogP contribution in [0.2, 0.25) is 5.15 Å². The summed E-state index contributed by atoms with van der Waals surface area (Å²) >= 11 is 5.69. The van der Waals surface area contributed by atoms with E-state index in [-0.39, 0.29) is 5.91 Å². The quantitative estimate of drug-likeness (QED) is 0.571. The first-order chi connectivity index (χ1) is 5.29. The molecule has 1 amide bonds. The van der Waals surface area contributed by atoms with Gasteiger partial charge in [0.2, 0.25) is 0 Å². The maximum atomic E-state index is 11.0. The first kappa shape index (κ1) is 6.54. The molecule has 0 spiro atoms. The van der Waals surface area contributed by atoms with E-state index >= 15 is 0 Å². The van der Waals surface area contributed by atoms with Crippen LogP contribution in [-0.4, -0.2) is 15.9 Å². The smallest absolute Gasteiger partial charge is 0.270 e. The summed E-state index contributed by atoms with van der Waals surface area (Å²) in [6.45, 7) is 0.438. The molecule has 4 nitrogen and oxygen atoms in total. The molecule has 0 saturated carbocycles. The van der Waals surface area contributed by atoms with Gasteiger partial charge in [-0.05, 0) is 0 Å². The number of amides is 1. The molecule has 0 radical (unpaired) electrons. The van der Waals surface area contributed by atoms with E-state index in [2.05, 4.69) is 15.3 Å². The van der Waals surface area contributed by atoms with Crippen LogP contribution in [0.5, 0.6) is 0 Å². The van der Waals surface area contributed by atoms with Crippen molar-refractivity contribution in [2.75, 3.05) is 0 Å². The molecule has 56 valence electrons. The zero-order valence-electron chi connectivity index (χ0n) is 5.47. The molecule has 0 fully saturated rings. The average molecular weight is 170 g/mol. The molecule has 0 bridgehead atoms. The molecule has 0 saturated heterocycles. The van der Waals surface area contributed by atoms with Crippen molar-refractivity contribution in [2.24, 2.45) is 0 Å². The molecule has 11 heavy (non-hydrogen) atoms. The number of nitrogens with one attached hydrogen (secondary N) is 1. The van der Waals surface area contributed by atoms with Crippen LogP contribution < -0.4 is 5.32 Å². The second-order valence-electron chi connectivity index (χ2n) is 2.17. The number of rotatable bonds is 0. The predicted octanol–water partition coefficient (Wildman–Crippen LogP) is 0.373. The summed E-state index contributed by atoms with van der Waals surface area (Å²) in [4.78, 5) is 18.5. The third-order valence-electron chi connectivity index (χ3n) is 1.53. The Balaban J connectivity index is 2.66. The zero-order valence-corrected chi connectivity index (χ0v) is 6.22. The number of carbonyl (C=O) groups is 1. The topological polar surface area (TPSA) is 54.9 Å². The molecule has 0 atom stereocenters. The Labute approximate surface area is 67.6 Å².